The number of hydrogen-bond acceptors (Lipinski definition) is 4. The molecule has 0 amide bonds. The molecular formula is C12H16N2OS. The van der Waals surface area contributed by atoms with Crippen LogP contribution in [0.5, 0.6) is 0 Å². The molecule has 0 aliphatic heterocycles. The van der Waals surface area contributed by atoms with E-state index in [1.807, 2.05) is 13.0 Å². The molecule has 2 rings (SSSR count). The van der Waals surface area contributed by atoms with Crippen LogP contribution in [-0.2, 0) is 6.54 Å². The van der Waals surface area contributed by atoms with Crippen molar-refractivity contribution in [1.29, 1.82) is 0 Å². The van der Waals surface area contributed by atoms with Crippen molar-refractivity contribution < 1.29 is 4.42 Å². The Morgan fingerprint density at radius 3 is 2.88 bits per heavy atom. The topological polar surface area (TPSA) is 38.1 Å². The second-order valence-electron chi connectivity index (χ2n) is 3.70. The van der Waals surface area contributed by atoms with Gasteiger partial charge in [0.05, 0.1) is 17.5 Å². The van der Waals surface area contributed by atoms with Gasteiger partial charge in [0.25, 0.3) is 0 Å². The van der Waals surface area contributed by atoms with Gasteiger partial charge in [-0.2, -0.15) is 0 Å². The van der Waals surface area contributed by atoms with E-state index in [0.29, 0.717) is 0 Å². The highest BCUT2D eigenvalue weighted by Gasteiger charge is 2.12. The van der Waals surface area contributed by atoms with Gasteiger partial charge >= 0.3 is 0 Å². The summed E-state index contributed by atoms with van der Waals surface area (Å²) < 4.78 is 5.30. The third-order valence-corrected chi connectivity index (χ3v) is 3.71. The zero-order chi connectivity index (χ0) is 11.5. The first kappa shape index (κ1) is 11.4. The number of aromatic nitrogens is 1. The maximum atomic E-state index is 5.30. The molecule has 86 valence electrons. The number of nitrogens with zero attached hydrogens (tertiary/aromatic N) is 1. The summed E-state index contributed by atoms with van der Waals surface area (Å²) in [6.07, 6.45) is 1.71. The van der Waals surface area contributed by atoms with E-state index in [4.69, 9.17) is 4.42 Å². The van der Waals surface area contributed by atoms with Crippen LogP contribution < -0.4 is 5.32 Å². The summed E-state index contributed by atoms with van der Waals surface area (Å²) in [7, 11) is 0. The van der Waals surface area contributed by atoms with E-state index in [-0.39, 0.29) is 0 Å². The molecule has 0 aliphatic rings. The van der Waals surface area contributed by atoms with Gasteiger partial charge in [0.2, 0.25) is 0 Å². The Balaban J connectivity index is 2.27. The first-order valence-corrected chi connectivity index (χ1v) is 6.25. The first-order valence-electron chi connectivity index (χ1n) is 5.44. The van der Waals surface area contributed by atoms with E-state index in [2.05, 4.69) is 24.1 Å². The van der Waals surface area contributed by atoms with Crippen molar-refractivity contribution in [1.82, 2.24) is 10.3 Å². The molecule has 0 spiro atoms. The highest BCUT2D eigenvalue weighted by atomic mass is 32.1. The average molecular weight is 236 g/mol. The van der Waals surface area contributed by atoms with Crippen molar-refractivity contribution in [3.8, 4) is 10.6 Å². The minimum absolute atomic E-state index is 0.900. The first-order chi connectivity index (χ1) is 7.72. The Kier molecular flexibility index (Phi) is 3.41. The molecule has 0 radical (unpaired) electrons. The van der Waals surface area contributed by atoms with Crippen LogP contribution in [0, 0.1) is 13.8 Å². The molecule has 16 heavy (non-hydrogen) atoms. The molecule has 2 aromatic heterocycles. The minimum atomic E-state index is 0.900. The summed E-state index contributed by atoms with van der Waals surface area (Å²) in [6.45, 7) is 8.02. The lowest BCUT2D eigenvalue weighted by Gasteiger charge is -1.97. The summed E-state index contributed by atoms with van der Waals surface area (Å²) >= 11 is 1.74. The van der Waals surface area contributed by atoms with E-state index in [1.54, 1.807) is 17.6 Å². The van der Waals surface area contributed by atoms with Crippen molar-refractivity contribution in [2.75, 3.05) is 6.54 Å². The van der Waals surface area contributed by atoms with Crippen molar-refractivity contribution in [2.45, 2.75) is 27.3 Å². The fourth-order valence-electron chi connectivity index (χ4n) is 1.55. The van der Waals surface area contributed by atoms with Crippen LogP contribution in [-0.4, -0.2) is 11.5 Å². The van der Waals surface area contributed by atoms with Crippen molar-refractivity contribution in [3.63, 3.8) is 0 Å². The fourth-order valence-corrected chi connectivity index (χ4v) is 2.66. The summed E-state index contributed by atoms with van der Waals surface area (Å²) in [5, 5.41) is 4.38. The van der Waals surface area contributed by atoms with Gasteiger partial charge in [-0.1, -0.05) is 6.92 Å². The van der Waals surface area contributed by atoms with E-state index in [0.717, 1.165) is 35.1 Å². The van der Waals surface area contributed by atoms with Crippen LogP contribution in [0.3, 0.4) is 0 Å². The van der Waals surface area contributed by atoms with Gasteiger partial charge in [-0.15, -0.1) is 11.3 Å². The highest BCUT2D eigenvalue weighted by molar-refractivity contribution is 7.15. The highest BCUT2D eigenvalue weighted by Crippen LogP contribution is 2.30. The molecule has 0 unspecified atom stereocenters. The normalized spacial score (nSPS) is 10.9. The number of rotatable bonds is 4. The number of thiazole rings is 1. The van der Waals surface area contributed by atoms with Gasteiger partial charge in [-0.05, 0) is 26.5 Å². The predicted molar refractivity (Wildman–Crippen MR) is 66.7 cm³/mol. The summed E-state index contributed by atoms with van der Waals surface area (Å²) in [5.74, 6) is 0.934. The third kappa shape index (κ3) is 2.18. The van der Waals surface area contributed by atoms with Crippen molar-refractivity contribution >= 4 is 11.3 Å². The molecule has 0 bridgehead atoms. The molecule has 4 heteroatoms. The van der Waals surface area contributed by atoms with Gasteiger partial charge in [0.15, 0.2) is 0 Å². The lowest BCUT2D eigenvalue weighted by molar-refractivity contribution is 0.535. The quantitative estimate of drug-likeness (QED) is 0.886. The molecule has 3 nitrogen and oxygen atoms in total. The molecule has 0 saturated heterocycles. The molecule has 0 aromatic carbocycles. The predicted octanol–water partition coefficient (Wildman–Crippen LogP) is 3.13. The SMILES string of the molecule is CCNCc1sc(-c2ccoc2C)nc1C. The Morgan fingerprint density at radius 2 is 2.25 bits per heavy atom. The molecule has 2 aromatic rings. The Hall–Kier alpha value is -1.13. The van der Waals surface area contributed by atoms with E-state index >= 15 is 0 Å². The fraction of sp³-hybridized carbons (Fsp3) is 0.417. The Bertz CT molecular complexity index is 473. The van der Waals surface area contributed by atoms with Crippen molar-refractivity contribution in [2.24, 2.45) is 0 Å². The average Bonchev–Trinajstić information content (AvgIpc) is 2.82. The molecule has 0 saturated carbocycles. The zero-order valence-corrected chi connectivity index (χ0v) is 10.6. The lowest BCUT2D eigenvalue weighted by Crippen LogP contribution is -2.11. The molecule has 0 aliphatic carbocycles. The van der Waals surface area contributed by atoms with E-state index in [9.17, 15) is 0 Å². The Labute approximate surface area is 99.5 Å². The van der Waals surface area contributed by atoms with Crippen LogP contribution >= 0.6 is 11.3 Å². The van der Waals surface area contributed by atoms with E-state index in [1.165, 1.54) is 4.88 Å². The Morgan fingerprint density at radius 1 is 1.44 bits per heavy atom. The number of furan rings is 1. The van der Waals surface area contributed by atoms with Crippen molar-refractivity contribution in [3.05, 3.63) is 28.7 Å². The van der Waals surface area contributed by atoms with E-state index < -0.39 is 0 Å². The lowest BCUT2D eigenvalue weighted by atomic mass is 10.3. The van der Waals surface area contributed by atoms with Crippen LogP contribution in [0.15, 0.2) is 16.7 Å². The standard InChI is InChI=1S/C12H16N2OS/c1-4-13-7-11-8(2)14-12(16-11)10-5-6-15-9(10)3/h5-6,13H,4,7H2,1-3H3. The molecule has 2 heterocycles. The summed E-state index contributed by atoms with van der Waals surface area (Å²) in [6, 6.07) is 1.98. The van der Waals surface area contributed by atoms with Gasteiger partial charge in [0, 0.05) is 11.4 Å². The molecule has 0 fully saturated rings. The largest absolute Gasteiger partial charge is 0.469 e. The number of aryl methyl sites for hydroxylation is 2. The molecule has 1 N–H and O–H groups in total. The van der Waals surface area contributed by atoms with Gasteiger partial charge in [-0.25, -0.2) is 4.98 Å². The third-order valence-electron chi connectivity index (χ3n) is 2.52. The van der Waals surface area contributed by atoms with Gasteiger partial charge in [-0.3, -0.25) is 0 Å². The van der Waals surface area contributed by atoms with Crippen LogP contribution in [0.2, 0.25) is 0 Å². The van der Waals surface area contributed by atoms with Gasteiger partial charge < -0.3 is 9.73 Å². The maximum Gasteiger partial charge on any atom is 0.127 e. The van der Waals surface area contributed by atoms with Crippen LogP contribution in [0.1, 0.15) is 23.3 Å². The number of hydrogen-bond donors (Lipinski definition) is 1. The summed E-state index contributed by atoms with van der Waals surface area (Å²) in [4.78, 5) is 5.89. The minimum Gasteiger partial charge on any atom is -0.469 e. The van der Waals surface area contributed by atoms with Crippen LogP contribution in [0.25, 0.3) is 10.6 Å². The number of nitrogens with one attached hydrogen (secondary N) is 1. The molecular weight excluding hydrogens is 220 g/mol. The second-order valence-corrected chi connectivity index (χ2v) is 4.78. The monoisotopic (exact) mass is 236 g/mol. The smallest absolute Gasteiger partial charge is 0.127 e. The zero-order valence-electron chi connectivity index (χ0n) is 9.83. The van der Waals surface area contributed by atoms with Gasteiger partial charge in [0.1, 0.15) is 10.8 Å². The van der Waals surface area contributed by atoms with Crippen LogP contribution in [0.4, 0.5) is 0 Å². The molecule has 0 atom stereocenters. The maximum absolute atomic E-state index is 5.30. The second kappa shape index (κ2) is 4.80. The summed E-state index contributed by atoms with van der Waals surface area (Å²) in [5.41, 5.74) is 2.22.